The Morgan fingerprint density at radius 3 is 1.67 bits per heavy atom. The van der Waals surface area contributed by atoms with Gasteiger partial charge in [0.05, 0.1) is 5.69 Å². The first-order valence-corrected chi connectivity index (χ1v) is 22.0. The summed E-state index contributed by atoms with van der Waals surface area (Å²) in [5, 5.41) is 8.19. The van der Waals surface area contributed by atoms with Crippen molar-refractivity contribution in [3.05, 3.63) is 223 Å². The number of hydrogen-bond donors (Lipinski definition) is 0. The van der Waals surface area contributed by atoms with Crippen LogP contribution in [0.3, 0.4) is 0 Å². The van der Waals surface area contributed by atoms with Gasteiger partial charge in [-0.25, -0.2) is 0 Å². The number of hydrogen-bond acceptors (Lipinski definition) is 1. The highest BCUT2D eigenvalue weighted by Crippen LogP contribution is 2.56. The predicted octanol–water partition coefficient (Wildman–Crippen LogP) is 11.6. The molecule has 0 fully saturated rings. The first-order valence-electron chi connectivity index (χ1n) is 20.0. The maximum absolute atomic E-state index is 2.74. The summed E-state index contributed by atoms with van der Waals surface area (Å²) in [5.41, 5.74) is 13.9. The van der Waals surface area contributed by atoms with E-state index in [1.54, 1.807) is 0 Å². The third kappa shape index (κ3) is 4.94. The summed E-state index contributed by atoms with van der Waals surface area (Å²) in [6.45, 7) is 4.78. The van der Waals surface area contributed by atoms with E-state index in [9.17, 15) is 0 Å². The molecule has 0 saturated carbocycles. The Bertz CT molecular complexity index is 2930. The Morgan fingerprint density at radius 2 is 0.947 bits per heavy atom. The molecule has 11 rings (SSSR count). The molecular formula is C55H41NSi. The predicted molar refractivity (Wildman–Crippen MR) is 244 cm³/mol. The van der Waals surface area contributed by atoms with Gasteiger partial charge in [-0.05, 0) is 95.4 Å². The van der Waals surface area contributed by atoms with Crippen molar-refractivity contribution in [3.63, 3.8) is 0 Å². The van der Waals surface area contributed by atoms with Crippen LogP contribution in [0.15, 0.2) is 212 Å². The van der Waals surface area contributed by atoms with Gasteiger partial charge in [-0.1, -0.05) is 196 Å². The van der Waals surface area contributed by atoms with Crippen LogP contribution in [0.2, 0.25) is 0 Å². The van der Waals surface area contributed by atoms with Crippen LogP contribution in [0.1, 0.15) is 25.0 Å². The number of anilines is 3. The highest BCUT2D eigenvalue weighted by molar-refractivity contribution is 7.22. The van der Waals surface area contributed by atoms with Gasteiger partial charge >= 0.3 is 0 Å². The summed E-state index contributed by atoms with van der Waals surface area (Å²) in [6.07, 6.45) is 0. The molecule has 1 nitrogen and oxygen atoms in total. The van der Waals surface area contributed by atoms with Crippen molar-refractivity contribution in [2.24, 2.45) is 0 Å². The molecule has 270 valence electrons. The van der Waals surface area contributed by atoms with Crippen LogP contribution in [0.5, 0.6) is 0 Å². The van der Waals surface area contributed by atoms with E-state index in [1.807, 2.05) is 0 Å². The Hall–Kier alpha value is -6.74. The number of fused-ring (bicyclic) bond motifs is 7. The molecule has 9 aromatic rings. The smallest absolute Gasteiger partial charge is 0.180 e. The molecule has 9 aromatic carbocycles. The Labute approximate surface area is 336 Å². The minimum atomic E-state index is -2.74. The Morgan fingerprint density at radius 1 is 0.404 bits per heavy atom. The number of nitrogens with zero attached hydrogens (tertiary/aromatic N) is 1. The van der Waals surface area contributed by atoms with E-state index in [4.69, 9.17) is 0 Å². The van der Waals surface area contributed by atoms with Gasteiger partial charge in [-0.3, -0.25) is 0 Å². The van der Waals surface area contributed by atoms with Crippen molar-refractivity contribution in [1.29, 1.82) is 0 Å². The summed E-state index contributed by atoms with van der Waals surface area (Å²) in [6, 6.07) is 79.6. The maximum Gasteiger partial charge on any atom is 0.180 e. The van der Waals surface area contributed by atoms with Crippen LogP contribution >= 0.6 is 0 Å². The van der Waals surface area contributed by atoms with Gasteiger partial charge in [0.15, 0.2) is 8.07 Å². The van der Waals surface area contributed by atoms with Crippen LogP contribution in [-0.2, 0) is 5.41 Å². The summed E-state index contributed by atoms with van der Waals surface area (Å²) < 4.78 is 0. The van der Waals surface area contributed by atoms with Crippen LogP contribution in [0.4, 0.5) is 17.1 Å². The van der Waals surface area contributed by atoms with Gasteiger partial charge in [0.2, 0.25) is 0 Å². The fourth-order valence-corrected chi connectivity index (χ4v) is 15.3. The topological polar surface area (TPSA) is 3.24 Å². The van der Waals surface area contributed by atoms with Crippen molar-refractivity contribution in [1.82, 2.24) is 0 Å². The van der Waals surface area contributed by atoms with Crippen LogP contribution < -0.4 is 25.6 Å². The molecule has 0 radical (unpaired) electrons. The molecule has 0 atom stereocenters. The lowest BCUT2D eigenvalue weighted by Gasteiger charge is -2.34. The molecule has 57 heavy (non-hydrogen) atoms. The summed E-state index contributed by atoms with van der Waals surface area (Å²) >= 11 is 0. The first kappa shape index (κ1) is 33.6. The monoisotopic (exact) mass is 743 g/mol. The molecule has 0 unspecified atom stereocenters. The van der Waals surface area contributed by atoms with Gasteiger partial charge in [-0.2, -0.15) is 0 Å². The molecule has 0 saturated heterocycles. The molecule has 1 aliphatic carbocycles. The Balaban J connectivity index is 1.24. The molecule has 0 amide bonds. The minimum absolute atomic E-state index is 0.157. The molecule has 0 aromatic heterocycles. The van der Waals surface area contributed by atoms with E-state index in [-0.39, 0.29) is 5.41 Å². The molecule has 2 heteroatoms. The van der Waals surface area contributed by atoms with E-state index in [2.05, 4.69) is 231 Å². The lowest BCUT2D eigenvalue weighted by molar-refractivity contribution is 0.661. The highest BCUT2D eigenvalue weighted by atomic mass is 28.3. The van der Waals surface area contributed by atoms with Gasteiger partial charge in [0.1, 0.15) is 0 Å². The zero-order chi connectivity index (χ0) is 38.1. The van der Waals surface area contributed by atoms with Gasteiger partial charge in [0, 0.05) is 27.7 Å². The minimum Gasteiger partial charge on any atom is -0.309 e. The molecular weight excluding hydrogens is 703 g/mol. The largest absolute Gasteiger partial charge is 0.309 e. The van der Waals surface area contributed by atoms with Crippen LogP contribution in [-0.4, -0.2) is 8.07 Å². The molecule has 0 spiro atoms. The van der Waals surface area contributed by atoms with Gasteiger partial charge < -0.3 is 4.90 Å². The Kier molecular flexibility index (Phi) is 7.61. The average Bonchev–Trinajstić information content (AvgIpc) is 3.70. The lowest BCUT2D eigenvalue weighted by Crippen LogP contribution is -2.72. The maximum atomic E-state index is 2.58. The van der Waals surface area contributed by atoms with E-state index in [1.165, 1.54) is 87.4 Å². The van der Waals surface area contributed by atoms with Crippen molar-refractivity contribution in [2.75, 3.05) is 4.90 Å². The van der Waals surface area contributed by atoms with Crippen molar-refractivity contribution in [3.8, 4) is 33.4 Å². The van der Waals surface area contributed by atoms with Crippen molar-refractivity contribution in [2.45, 2.75) is 19.3 Å². The van der Waals surface area contributed by atoms with Crippen LogP contribution in [0.25, 0.3) is 44.2 Å². The molecule has 2 aliphatic rings. The molecule has 1 heterocycles. The lowest BCUT2D eigenvalue weighted by atomic mass is 9.81. The van der Waals surface area contributed by atoms with E-state index >= 15 is 0 Å². The second kappa shape index (κ2) is 12.9. The highest BCUT2D eigenvalue weighted by Gasteiger charge is 2.49. The third-order valence-electron chi connectivity index (χ3n) is 12.7. The summed E-state index contributed by atoms with van der Waals surface area (Å²) in [7, 11) is -2.74. The van der Waals surface area contributed by atoms with E-state index in [0.717, 1.165) is 5.69 Å². The quantitative estimate of drug-likeness (QED) is 0.153. The summed E-state index contributed by atoms with van der Waals surface area (Å²) in [4.78, 5) is 2.58. The van der Waals surface area contributed by atoms with Gasteiger partial charge in [-0.15, -0.1) is 0 Å². The van der Waals surface area contributed by atoms with E-state index < -0.39 is 8.07 Å². The third-order valence-corrected chi connectivity index (χ3v) is 17.6. The molecule has 0 N–H and O–H groups in total. The molecule has 0 bridgehead atoms. The summed E-state index contributed by atoms with van der Waals surface area (Å²) in [5.74, 6) is 0. The second-order valence-electron chi connectivity index (χ2n) is 16.0. The van der Waals surface area contributed by atoms with Crippen LogP contribution in [0, 0.1) is 0 Å². The van der Waals surface area contributed by atoms with Crippen molar-refractivity contribution < 1.29 is 0 Å². The standard InChI is InChI=1S/C55H41NSi/c1-55(2)49-28-16-14-27-48(49)53-50(55)36-40-20-12-13-25-45(40)54(53)56(41-32-30-39(31-33-41)38-18-6-3-7-19-38)42-34-35-47-46-26-15-17-29-51(46)57(52(47)37-42,43-21-8-4-9-22-43)44-23-10-5-11-24-44/h3-37H,1-2H3. The fourth-order valence-electron chi connectivity index (χ4n) is 10.1. The SMILES string of the molecule is CC1(C)c2ccccc2-c2c1cc1ccccc1c2N(c1ccc(-c2ccccc2)cc1)c1ccc2c(c1)[Si](c1ccccc1)(c1ccccc1)c1ccccc1-2. The fraction of sp³-hybridized carbons (Fsp3) is 0.0545. The van der Waals surface area contributed by atoms with Gasteiger partial charge in [0.25, 0.3) is 0 Å². The zero-order valence-corrected chi connectivity index (χ0v) is 33.2. The normalized spacial score (nSPS) is 14.1. The zero-order valence-electron chi connectivity index (χ0n) is 32.2. The second-order valence-corrected chi connectivity index (χ2v) is 19.8. The number of benzene rings is 9. The van der Waals surface area contributed by atoms with E-state index in [0.29, 0.717) is 0 Å². The molecule has 1 aliphatic heterocycles. The van der Waals surface area contributed by atoms with Crippen molar-refractivity contribution >= 4 is 56.7 Å². The average molecular weight is 744 g/mol. The first-order chi connectivity index (χ1) is 28.0. The number of rotatable bonds is 6.